The van der Waals surface area contributed by atoms with Gasteiger partial charge in [-0.2, -0.15) is 0 Å². The van der Waals surface area contributed by atoms with Gasteiger partial charge in [-0.1, -0.05) is 69.5 Å². The van der Waals surface area contributed by atoms with Crippen LogP contribution in [0.4, 0.5) is 0 Å². The average molecular weight is 244 g/mol. The van der Waals surface area contributed by atoms with Crippen molar-refractivity contribution in [3.8, 4) is 0 Å². The lowest BCUT2D eigenvalue weighted by atomic mass is 9.95. The van der Waals surface area contributed by atoms with Crippen LogP contribution in [0.25, 0.3) is 5.57 Å². The number of hydrogen-bond donors (Lipinski definition) is 0. The van der Waals surface area contributed by atoms with Gasteiger partial charge >= 0.3 is 0 Å². The molecule has 18 heavy (non-hydrogen) atoms. The molecule has 0 aliphatic heterocycles. The maximum absolute atomic E-state index is 2.39. The predicted molar refractivity (Wildman–Crippen MR) is 82.8 cm³/mol. The summed E-state index contributed by atoms with van der Waals surface area (Å²) < 4.78 is 0. The van der Waals surface area contributed by atoms with E-state index in [-0.39, 0.29) is 0 Å². The Morgan fingerprint density at radius 2 is 1.83 bits per heavy atom. The number of allylic oxidation sites excluding steroid dienone is 2. The van der Waals surface area contributed by atoms with Crippen molar-refractivity contribution >= 4 is 5.57 Å². The minimum absolute atomic E-state index is 0.867. The van der Waals surface area contributed by atoms with Crippen LogP contribution in [-0.4, -0.2) is 0 Å². The molecule has 1 aromatic rings. The quantitative estimate of drug-likeness (QED) is 0.551. The Labute approximate surface area is 113 Å². The zero-order valence-electron chi connectivity index (χ0n) is 12.5. The number of benzene rings is 1. The first-order chi connectivity index (χ1) is 8.67. The Morgan fingerprint density at radius 1 is 1.17 bits per heavy atom. The lowest BCUT2D eigenvalue weighted by molar-refractivity contribution is 0.500. The molecule has 0 N–H and O–H groups in total. The van der Waals surface area contributed by atoms with Crippen LogP contribution in [0.15, 0.2) is 30.3 Å². The Bertz CT molecular complexity index is 356. The third kappa shape index (κ3) is 5.08. The number of aryl methyl sites for hydroxylation is 1. The van der Waals surface area contributed by atoms with Gasteiger partial charge < -0.3 is 0 Å². The normalized spacial score (nSPS) is 13.7. The van der Waals surface area contributed by atoms with Crippen molar-refractivity contribution < 1.29 is 0 Å². The summed E-state index contributed by atoms with van der Waals surface area (Å²) in [5, 5.41) is 0. The SMILES string of the molecule is CCC=C(CCCC(C)CC)c1ccc(C)cc1. The second-order valence-electron chi connectivity index (χ2n) is 5.41. The summed E-state index contributed by atoms with van der Waals surface area (Å²) in [7, 11) is 0. The molecule has 0 saturated carbocycles. The molecule has 0 heterocycles. The lowest BCUT2D eigenvalue weighted by Gasteiger charge is -2.11. The highest BCUT2D eigenvalue weighted by atomic mass is 14.1. The third-order valence-corrected chi connectivity index (χ3v) is 3.71. The summed E-state index contributed by atoms with van der Waals surface area (Å²) >= 11 is 0. The van der Waals surface area contributed by atoms with E-state index in [0.717, 1.165) is 12.3 Å². The maximum Gasteiger partial charge on any atom is -0.0228 e. The highest BCUT2D eigenvalue weighted by molar-refractivity contribution is 5.65. The Balaban J connectivity index is 2.61. The van der Waals surface area contributed by atoms with Gasteiger partial charge in [0.25, 0.3) is 0 Å². The van der Waals surface area contributed by atoms with E-state index < -0.39 is 0 Å². The van der Waals surface area contributed by atoms with Crippen LogP contribution in [0.5, 0.6) is 0 Å². The van der Waals surface area contributed by atoms with Gasteiger partial charge in [0.05, 0.1) is 0 Å². The van der Waals surface area contributed by atoms with Gasteiger partial charge in [-0.05, 0) is 43.2 Å². The van der Waals surface area contributed by atoms with Gasteiger partial charge in [0.15, 0.2) is 0 Å². The van der Waals surface area contributed by atoms with E-state index in [1.54, 1.807) is 0 Å². The number of rotatable bonds is 7. The van der Waals surface area contributed by atoms with Crippen LogP contribution in [-0.2, 0) is 0 Å². The Hall–Kier alpha value is -1.04. The minimum atomic E-state index is 0.867. The maximum atomic E-state index is 2.39. The molecule has 1 atom stereocenters. The highest BCUT2D eigenvalue weighted by Crippen LogP contribution is 2.23. The first kappa shape index (κ1) is 15.0. The third-order valence-electron chi connectivity index (χ3n) is 3.71. The molecule has 0 amide bonds. The molecule has 100 valence electrons. The van der Waals surface area contributed by atoms with Crippen molar-refractivity contribution in [2.75, 3.05) is 0 Å². The Morgan fingerprint density at radius 3 is 2.39 bits per heavy atom. The van der Waals surface area contributed by atoms with Crippen LogP contribution < -0.4 is 0 Å². The van der Waals surface area contributed by atoms with Gasteiger partial charge in [0.1, 0.15) is 0 Å². The molecule has 1 unspecified atom stereocenters. The molecular weight excluding hydrogens is 216 g/mol. The van der Waals surface area contributed by atoms with E-state index in [1.807, 2.05) is 0 Å². The van der Waals surface area contributed by atoms with Gasteiger partial charge in [-0.15, -0.1) is 0 Å². The van der Waals surface area contributed by atoms with Gasteiger partial charge in [-0.3, -0.25) is 0 Å². The van der Waals surface area contributed by atoms with Crippen molar-refractivity contribution in [1.29, 1.82) is 0 Å². The van der Waals surface area contributed by atoms with E-state index in [0.29, 0.717) is 0 Å². The van der Waals surface area contributed by atoms with Crippen molar-refractivity contribution in [2.45, 2.75) is 59.8 Å². The van der Waals surface area contributed by atoms with Crippen molar-refractivity contribution in [1.82, 2.24) is 0 Å². The molecule has 0 heteroatoms. The van der Waals surface area contributed by atoms with Crippen molar-refractivity contribution in [2.24, 2.45) is 5.92 Å². The number of hydrogen-bond acceptors (Lipinski definition) is 0. The molecule has 0 spiro atoms. The zero-order chi connectivity index (χ0) is 13.4. The smallest absolute Gasteiger partial charge is 0.0228 e. The van der Waals surface area contributed by atoms with E-state index >= 15 is 0 Å². The van der Waals surface area contributed by atoms with Gasteiger partial charge in [0.2, 0.25) is 0 Å². The molecule has 0 saturated heterocycles. The van der Waals surface area contributed by atoms with Crippen molar-refractivity contribution in [3.63, 3.8) is 0 Å². The average Bonchev–Trinajstić information content (AvgIpc) is 2.38. The predicted octanol–water partition coefficient (Wildman–Crippen LogP) is 6.00. The molecule has 0 aliphatic rings. The molecular formula is C18H28. The second kappa shape index (κ2) is 8.13. The molecule has 0 bridgehead atoms. The van der Waals surface area contributed by atoms with Crippen molar-refractivity contribution in [3.05, 3.63) is 41.5 Å². The lowest BCUT2D eigenvalue weighted by Crippen LogP contribution is -1.93. The zero-order valence-corrected chi connectivity index (χ0v) is 12.5. The van der Waals surface area contributed by atoms with Crippen LogP contribution in [0.1, 0.15) is 64.0 Å². The molecule has 0 fully saturated rings. The van der Waals surface area contributed by atoms with Gasteiger partial charge in [-0.25, -0.2) is 0 Å². The molecule has 0 nitrogen and oxygen atoms in total. The topological polar surface area (TPSA) is 0 Å². The first-order valence-corrected chi connectivity index (χ1v) is 7.43. The fourth-order valence-corrected chi connectivity index (χ4v) is 2.22. The summed E-state index contributed by atoms with van der Waals surface area (Å²) in [5.74, 6) is 0.867. The summed E-state index contributed by atoms with van der Waals surface area (Å²) in [6.45, 7) is 9.02. The highest BCUT2D eigenvalue weighted by Gasteiger charge is 2.03. The van der Waals surface area contributed by atoms with Crippen LogP contribution >= 0.6 is 0 Å². The monoisotopic (exact) mass is 244 g/mol. The summed E-state index contributed by atoms with van der Waals surface area (Å²) in [6.07, 6.45) is 8.71. The summed E-state index contributed by atoms with van der Waals surface area (Å²) in [5.41, 5.74) is 4.28. The van der Waals surface area contributed by atoms with E-state index in [4.69, 9.17) is 0 Å². The van der Waals surface area contributed by atoms with Crippen LogP contribution in [0, 0.1) is 12.8 Å². The van der Waals surface area contributed by atoms with Gasteiger partial charge in [0, 0.05) is 0 Å². The van der Waals surface area contributed by atoms with E-state index in [2.05, 4.69) is 58.0 Å². The van der Waals surface area contributed by atoms with E-state index in [9.17, 15) is 0 Å². The largest absolute Gasteiger partial charge is 0.0810 e. The first-order valence-electron chi connectivity index (χ1n) is 7.43. The molecule has 1 rings (SSSR count). The molecule has 0 aromatic heterocycles. The van der Waals surface area contributed by atoms with Crippen LogP contribution in [0.2, 0.25) is 0 Å². The molecule has 0 radical (unpaired) electrons. The minimum Gasteiger partial charge on any atom is -0.0810 e. The standard InChI is InChI=1S/C18H28/c1-5-8-17(10-7-9-15(3)6-2)18-13-11-16(4)12-14-18/h8,11-15H,5-7,9-10H2,1-4H3. The van der Waals surface area contributed by atoms with E-state index in [1.165, 1.54) is 42.4 Å². The fourth-order valence-electron chi connectivity index (χ4n) is 2.22. The summed E-state index contributed by atoms with van der Waals surface area (Å²) in [6, 6.07) is 8.96. The second-order valence-corrected chi connectivity index (χ2v) is 5.41. The van der Waals surface area contributed by atoms with Crippen LogP contribution in [0.3, 0.4) is 0 Å². The molecule has 0 aliphatic carbocycles. The summed E-state index contributed by atoms with van der Waals surface area (Å²) in [4.78, 5) is 0. The molecule has 1 aromatic carbocycles. The fraction of sp³-hybridized carbons (Fsp3) is 0.556. The Kier molecular flexibility index (Phi) is 6.78.